The number of aryl methyl sites for hydroxylation is 2. The Hall–Kier alpha value is -3.79. The Balaban J connectivity index is 1.56. The fraction of sp³-hybridized carbons (Fsp3) is 0.281. The summed E-state index contributed by atoms with van der Waals surface area (Å²) in [6, 6.07) is 30.9. The van der Waals surface area contributed by atoms with Crippen molar-refractivity contribution in [1.29, 1.82) is 0 Å². The van der Waals surface area contributed by atoms with E-state index in [1.807, 2.05) is 54.6 Å². The number of aliphatic carboxylic acids is 1. The lowest BCUT2D eigenvalue weighted by Gasteiger charge is -2.23. The highest BCUT2D eigenvalue weighted by atomic mass is 16.5. The lowest BCUT2D eigenvalue weighted by Crippen LogP contribution is -2.29. The molecule has 0 saturated heterocycles. The van der Waals surface area contributed by atoms with Gasteiger partial charge in [-0.2, -0.15) is 0 Å². The largest absolute Gasteiger partial charge is 0.478 e. The molecular weight excluding hydrogens is 446 g/mol. The summed E-state index contributed by atoms with van der Waals surface area (Å²) >= 11 is 0. The lowest BCUT2D eigenvalue weighted by molar-refractivity contribution is -0.145. The van der Waals surface area contributed by atoms with Crippen LogP contribution in [0.3, 0.4) is 0 Å². The number of carboxylic acids is 1. The SMILES string of the molecule is CCCc1ccc([C@@H](CC)n2c(C)ccc2-c2ccc(O[C@H](Cc3ccccc3)C(=O)O)cc2)cc1. The van der Waals surface area contributed by atoms with Crippen LogP contribution in [-0.2, 0) is 17.6 Å². The molecule has 4 nitrogen and oxygen atoms in total. The molecule has 4 heteroatoms. The molecule has 0 bridgehead atoms. The van der Waals surface area contributed by atoms with Gasteiger partial charge in [0.2, 0.25) is 0 Å². The van der Waals surface area contributed by atoms with Crippen LogP contribution in [0.1, 0.15) is 55.1 Å². The molecule has 4 rings (SSSR count). The second-order valence-corrected chi connectivity index (χ2v) is 9.30. The van der Waals surface area contributed by atoms with E-state index < -0.39 is 12.1 Å². The summed E-state index contributed by atoms with van der Waals surface area (Å²) in [6.07, 6.45) is 2.61. The smallest absolute Gasteiger partial charge is 0.345 e. The van der Waals surface area contributed by atoms with Crippen molar-refractivity contribution in [1.82, 2.24) is 4.57 Å². The van der Waals surface area contributed by atoms with Gasteiger partial charge in [0.1, 0.15) is 5.75 Å². The van der Waals surface area contributed by atoms with Gasteiger partial charge >= 0.3 is 5.97 Å². The van der Waals surface area contributed by atoms with Crippen LogP contribution in [0.4, 0.5) is 0 Å². The maximum absolute atomic E-state index is 11.8. The summed E-state index contributed by atoms with van der Waals surface area (Å²) in [6.45, 7) is 6.58. The number of hydrogen-bond donors (Lipinski definition) is 1. The standard InChI is InChI=1S/C32H35NO3/c1-4-9-24-13-15-26(16-14-24)29(5-2)33-23(3)12-21-30(33)27-17-19-28(20-18-27)36-31(32(34)35)22-25-10-7-6-8-11-25/h6-8,10-21,29,31H,4-5,9,22H2,1-3H3,(H,34,35)/t29-,31-/m1/s1. The Morgan fingerprint density at radius 3 is 2.17 bits per heavy atom. The summed E-state index contributed by atoms with van der Waals surface area (Å²) in [7, 11) is 0. The van der Waals surface area contributed by atoms with E-state index in [0.29, 0.717) is 12.2 Å². The minimum absolute atomic E-state index is 0.240. The first-order valence-corrected chi connectivity index (χ1v) is 12.8. The zero-order valence-electron chi connectivity index (χ0n) is 21.4. The van der Waals surface area contributed by atoms with Gasteiger partial charge in [-0.1, -0.05) is 74.9 Å². The number of hydrogen-bond acceptors (Lipinski definition) is 2. The van der Waals surface area contributed by atoms with Crippen LogP contribution in [0.2, 0.25) is 0 Å². The van der Waals surface area contributed by atoms with Crippen LogP contribution in [-0.4, -0.2) is 21.7 Å². The Kier molecular flexibility index (Phi) is 8.27. The zero-order chi connectivity index (χ0) is 25.5. The Labute approximate surface area is 214 Å². The van der Waals surface area contributed by atoms with Crippen molar-refractivity contribution in [2.24, 2.45) is 0 Å². The van der Waals surface area contributed by atoms with Crippen molar-refractivity contribution in [2.75, 3.05) is 0 Å². The first-order chi connectivity index (χ1) is 17.5. The normalized spacial score (nSPS) is 12.8. The molecule has 0 unspecified atom stereocenters. The summed E-state index contributed by atoms with van der Waals surface area (Å²) in [5.74, 6) is -0.418. The van der Waals surface area contributed by atoms with Gasteiger partial charge in [0.25, 0.3) is 0 Å². The minimum Gasteiger partial charge on any atom is -0.478 e. The van der Waals surface area contributed by atoms with Gasteiger partial charge in [-0.25, -0.2) is 4.79 Å². The van der Waals surface area contributed by atoms with E-state index in [0.717, 1.165) is 36.1 Å². The monoisotopic (exact) mass is 481 g/mol. The number of ether oxygens (including phenoxy) is 1. The van der Waals surface area contributed by atoms with Gasteiger partial charge in [0.05, 0.1) is 6.04 Å². The van der Waals surface area contributed by atoms with E-state index in [2.05, 4.69) is 61.7 Å². The quantitative estimate of drug-likeness (QED) is 0.241. The van der Waals surface area contributed by atoms with E-state index in [4.69, 9.17) is 4.74 Å². The molecule has 1 N–H and O–H groups in total. The molecule has 0 aliphatic rings. The topological polar surface area (TPSA) is 51.5 Å². The van der Waals surface area contributed by atoms with Crippen molar-refractivity contribution in [3.05, 3.63) is 113 Å². The van der Waals surface area contributed by atoms with Gasteiger partial charge in [-0.15, -0.1) is 0 Å². The fourth-order valence-electron chi connectivity index (χ4n) is 4.84. The van der Waals surface area contributed by atoms with E-state index in [-0.39, 0.29) is 6.04 Å². The molecule has 36 heavy (non-hydrogen) atoms. The number of carboxylic acid groups (broad SMARTS) is 1. The average Bonchev–Trinajstić information content (AvgIpc) is 3.27. The maximum atomic E-state index is 11.8. The molecular formula is C32H35NO3. The molecule has 4 aromatic rings. The highest BCUT2D eigenvalue weighted by molar-refractivity contribution is 5.73. The van der Waals surface area contributed by atoms with Crippen molar-refractivity contribution < 1.29 is 14.6 Å². The van der Waals surface area contributed by atoms with E-state index in [1.165, 1.54) is 16.8 Å². The molecule has 0 aliphatic carbocycles. The zero-order valence-corrected chi connectivity index (χ0v) is 21.4. The van der Waals surface area contributed by atoms with Gasteiger partial charge in [0, 0.05) is 17.8 Å². The molecule has 1 heterocycles. The number of carbonyl (C=O) groups is 1. The van der Waals surface area contributed by atoms with Crippen LogP contribution < -0.4 is 4.74 Å². The summed E-state index contributed by atoms with van der Waals surface area (Å²) in [4.78, 5) is 11.8. The second-order valence-electron chi connectivity index (χ2n) is 9.30. The third-order valence-corrected chi connectivity index (χ3v) is 6.69. The van der Waals surface area contributed by atoms with E-state index in [9.17, 15) is 9.90 Å². The number of nitrogens with zero attached hydrogens (tertiary/aromatic N) is 1. The van der Waals surface area contributed by atoms with Crippen molar-refractivity contribution in [2.45, 2.75) is 58.6 Å². The highest BCUT2D eigenvalue weighted by Gasteiger charge is 2.21. The molecule has 2 atom stereocenters. The number of benzene rings is 3. The molecule has 0 spiro atoms. The first-order valence-electron chi connectivity index (χ1n) is 12.8. The Morgan fingerprint density at radius 1 is 0.861 bits per heavy atom. The molecule has 186 valence electrons. The Morgan fingerprint density at radius 2 is 1.56 bits per heavy atom. The van der Waals surface area contributed by atoms with Crippen LogP contribution in [0.5, 0.6) is 5.75 Å². The van der Waals surface area contributed by atoms with Crippen LogP contribution in [0.15, 0.2) is 91.0 Å². The molecule has 1 aromatic heterocycles. The van der Waals surface area contributed by atoms with Crippen LogP contribution in [0.25, 0.3) is 11.3 Å². The lowest BCUT2D eigenvalue weighted by atomic mass is 10.00. The first kappa shape index (κ1) is 25.3. The average molecular weight is 482 g/mol. The molecule has 0 radical (unpaired) electrons. The predicted molar refractivity (Wildman–Crippen MR) is 146 cm³/mol. The minimum atomic E-state index is -0.969. The molecule has 0 fully saturated rings. The second kappa shape index (κ2) is 11.8. The molecule has 0 amide bonds. The summed E-state index contributed by atoms with van der Waals surface area (Å²) in [5, 5.41) is 9.68. The van der Waals surface area contributed by atoms with Gasteiger partial charge in [0.15, 0.2) is 6.10 Å². The van der Waals surface area contributed by atoms with Gasteiger partial charge in [-0.05, 0) is 78.4 Å². The van der Waals surface area contributed by atoms with Gasteiger partial charge < -0.3 is 14.4 Å². The predicted octanol–water partition coefficient (Wildman–Crippen LogP) is 7.49. The van der Waals surface area contributed by atoms with E-state index >= 15 is 0 Å². The third-order valence-electron chi connectivity index (χ3n) is 6.69. The molecule has 0 aliphatic heterocycles. The van der Waals surface area contributed by atoms with E-state index in [1.54, 1.807) is 0 Å². The third kappa shape index (κ3) is 5.88. The summed E-state index contributed by atoms with van der Waals surface area (Å²) < 4.78 is 8.27. The van der Waals surface area contributed by atoms with Crippen molar-refractivity contribution >= 4 is 5.97 Å². The molecule has 0 saturated carbocycles. The maximum Gasteiger partial charge on any atom is 0.345 e. The molecule has 3 aromatic carbocycles. The van der Waals surface area contributed by atoms with Crippen LogP contribution >= 0.6 is 0 Å². The van der Waals surface area contributed by atoms with Crippen LogP contribution in [0, 0.1) is 6.92 Å². The Bertz CT molecular complexity index is 1260. The number of aromatic nitrogens is 1. The fourth-order valence-corrected chi connectivity index (χ4v) is 4.84. The van der Waals surface area contributed by atoms with Gasteiger partial charge in [-0.3, -0.25) is 0 Å². The summed E-state index contributed by atoms with van der Waals surface area (Å²) in [5.41, 5.74) is 7.05. The number of rotatable bonds is 11. The highest BCUT2D eigenvalue weighted by Crippen LogP contribution is 2.33. The van der Waals surface area contributed by atoms with Crippen molar-refractivity contribution in [3.63, 3.8) is 0 Å². The van der Waals surface area contributed by atoms with Crippen molar-refractivity contribution in [3.8, 4) is 17.0 Å².